The van der Waals surface area contributed by atoms with Crippen LogP contribution in [0.3, 0.4) is 0 Å². The predicted octanol–water partition coefficient (Wildman–Crippen LogP) is 6.07. The smallest absolute Gasteiger partial charge is 0.259 e. The molecule has 0 saturated heterocycles. The molecule has 12 heteroatoms. The van der Waals surface area contributed by atoms with Crippen molar-refractivity contribution in [1.82, 2.24) is 0 Å². The van der Waals surface area contributed by atoms with E-state index in [1.54, 1.807) is 0 Å². The molecule has 2 aliphatic rings. The Morgan fingerprint density at radius 3 is 1.58 bits per heavy atom. The summed E-state index contributed by atoms with van der Waals surface area (Å²) in [6.45, 7) is -1.70. The summed E-state index contributed by atoms with van der Waals surface area (Å²) >= 11 is 0. The number of ether oxygens (including phenoxy) is 1. The highest BCUT2D eigenvalue weighted by atomic mass is 19.2. The molecule has 0 aromatic heterocycles. The molecule has 3 rings (SSSR count). The first-order valence-electron chi connectivity index (χ1n) is 9.39. The Morgan fingerprint density at radius 1 is 0.758 bits per heavy atom. The molecule has 33 heavy (non-hydrogen) atoms. The summed E-state index contributed by atoms with van der Waals surface area (Å²) in [4.78, 5) is 0. The van der Waals surface area contributed by atoms with E-state index in [2.05, 4.69) is 4.74 Å². The number of alkyl halides is 4. The SMILES string of the molecule is COc1cc(B(C2=C(F)C(F)C(C)(F)C=C2F)C2=C(F)C(F)C(C)(F)C=C2F)c(F)cc1F. The number of hydrogen-bond donors (Lipinski definition) is 0. The molecular weight excluding hydrogens is 469 g/mol. The van der Waals surface area contributed by atoms with Crippen molar-refractivity contribution in [3.63, 3.8) is 0 Å². The molecule has 1 nitrogen and oxygen atoms in total. The molecule has 2 aliphatic carbocycles. The summed E-state index contributed by atoms with van der Waals surface area (Å²) in [7, 11) is 0.912. The molecule has 0 saturated carbocycles. The molecule has 1 aromatic carbocycles. The van der Waals surface area contributed by atoms with E-state index in [4.69, 9.17) is 0 Å². The van der Waals surface area contributed by atoms with Gasteiger partial charge in [0.25, 0.3) is 6.71 Å². The van der Waals surface area contributed by atoms with Crippen molar-refractivity contribution in [2.75, 3.05) is 7.11 Å². The van der Waals surface area contributed by atoms with Gasteiger partial charge < -0.3 is 4.74 Å². The lowest BCUT2D eigenvalue weighted by atomic mass is 9.33. The predicted molar refractivity (Wildman–Crippen MR) is 102 cm³/mol. The maximum absolute atomic E-state index is 14.9. The number of allylic oxidation sites excluding steroid dienone is 8. The van der Waals surface area contributed by atoms with Gasteiger partial charge in [0.15, 0.2) is 35.2 Å². The third-order valence-electron chi connectivity index (χ3n) is 5.44. The molecule has 4 atom stereocenters. The molecule has 0 heterocycles. The van der Waals surface area contributed by atoms with Crippen molar-refractivity contribution in [3.05, 3.63) is 70.2 Å². The van der Waals surface area contributed by atoms with E-state index < -0.39 is 87.5 Å². The van der Waals surface area contributed by atoms with Crippen LogP contribution < -0.4 is 10.2 Å². The fourth-order valence-corrected chi connectivity index (χ4v) is 3.72. The normalized spacial score (nSPS) is 30.3. The van der Waals surface area contributed by atoms with Gasteiger partial charge in [-0.3, -0.25) is 0 Å². The summed E-state index contributed by atoms with van der Waals surface area (Å²) in [5.74, 6) is -11.9. The first-order chi connectivity index (χ1) is 15.1. The molecule has 0 amide bonds. The van der Waals surface area contributed by atoms with Crippen LogP contribution in [0, 0.1) is 11.6 Å². The second kappa shape index (κ2) is 8.29. The van der Waals surface area contributed by atoms with Gasteiger partial charge in [-0.05, 0) is 37.5 Å². The first kappa shape index (κ1) is 25.0. The molecule has 1 aromatic rings. The second-order valence-corrected chi connectivity index (χ2v) is 7.98. The molecule has 4 unspecified atom stereocenters. The van der Waals surface area contributed by atoms with Crippen LogP contribution >= 0.6 is 0 Å². The number of hydrogen-bond acceptors (Lipinski definition) is 1. The average molecular weight is 484 g/mol. The largest absolute Gasteiger partial charge is 0.494 e. The monoisotopic (exact) mass is 484 g/mol. The van der Waals surface area contributed by atoms with Crippen molar-refractivity contribution < 1.29 is 48.6 Å². The number of rotatable bonds is 4. The summed E-state index contributed by atoms with van der Waals surface area (Å²) in [5.41, 5.74) is -10.7. The van der Waals surface area contributed by atoms with Crippen molar-refractivity contribution in [2.45, 2.75) is 37.5 Å². The zero-order valence-electron chi connectivity index (χ0n) is 17.2. The van der Waals surface area contributed by atoms with Crippen molar-refractivity contribution in [3.8, 4) is 5.75 Å². The molecule has 0 spiro atoms. The van der Waals surface area contributed by atoms with E-state index in [1.165, 1.54) is 0 Å². The Bertz CT molecular complexity index is 1060. The molecule has 178 valence electrons. The zero-order valence-corrected chi connectivity index (χ0v) is 17.2. The van der Waals surface area contributed by atoms with Crippen LogP contribution in [0.4, 0.5) is 43.9 Å². The van der Waals surface area contributed by atoms with Gasteiger partial charge in [-0.25, -0.2) is 43.9 Å². The fourth-order valence-electron chi connectivity index (χ4n) is 3.72. The maximum Gasteiger partial charge on any atom is 0.259 e. The lowest BCUT2D eigenvalue weighted by molar-refractivity contribution is 0.113. The maximum atomic E-state index is 14.9. The van der Waals surface area contributed by atoms with Crippen LogP contribution in [-0.2, 0) is 0 Å². The minimum Gasteiger partial charge on any atom is -0.494 e. The quantitative estimate of drug-likeness (QED) is 0.373. The van der Waals surface area contributed by atoms with Gasteiger partial charge in [-0.15, -0.1) is 0 Å². The van der Waals surface area contributed by atoms with Gasteiger partial charge in [0.2, 0.25) is 0 Å². The van der Waals surface area contributed by atoms with Crippen molar-refractivity contribution >= 4 is 12.2 Å². The minimum absolute atomic E-state index is 0.0448. The highest BCUT2D eigenvalue weighted by Crippen LogP contribution is 2.45. The molecule has 0 N–H and O–H groups in total. The van der Waals surface area contributed by atoms with Crippen LogP contribution in [0.5, 0.6) is 5.75 Å². The van der Waals surface area contributed by atoms with Gasteiger partial charge >= 0.3 is 0 Å². The highest BCUT2D eigenvalue weighted by molar-refractivity contribution is 6.87. The molecule has 0 radical (unpaired) electrons. The van der Waals surface area contributed by atoms with Crippen LogP contribution in [0.1, 0.15) is 13.8 Å². The lowest BCUT2D eigenvalue weighted by Gasteiger charge is -2.32. The Labute approximate surface area is 182 Å². The van der Waals surface area contributed by atoms with E-state index in [0.717, 1.165) is 7.11 Å². The highest BCUT2D eigenvalue weighted by Gasteiger charge is 2.51. The Morgan fingerprint density at radius 2 is 1.18 bits per heavy atom. The van der Waals surface area contributed by atoms with Crippen LogP contribution in [-0.4, -0.2) is 37.5 Å². The molecule has 0 fully saturated rings. The minimum atomic E-state index is -3.23. The third-order valence-corrected chi connectivity index (χ3v) is 5.44. The summed E-state index contributed by atoms with van der Waals surface area (Å²) in [5, 5.41) is 0. The van der Waals surface area contributed by atoms with Gasteiger partial charge in [0.05, 0.1) is 7.11 Å². The van der Waals surface area contributed by atoms with E-state index in [1.807, 2.05) is 0 Å². The van der Waals surface area contributed by atoms with Gasteiger partial charge in [-0.2, -0.15) is 0 Å². The van der Waals surface area contributed by atoms with Crippen LogP contribution in [0.15, 0.2) is 58.5 Å². The van der Waals surface area contributed by atoms with Crippen LogP contribution in [0.25, 0.3) is 0 Å². The van der Waals surface area contributed by atoms with Crippen molar-refractivity contribution in [1.29, 1.82) is 0 Å². The molecular formula is C21H15BF10O. The summed E-state index contributed by atoms with van der Waals surface area (Å²) < 4.78 is 150. The summed E-state index contributed by atoms with van der Waals surface area (Å²) in [6.07, 6.45) is -6.47. The van der Waals surface area contributed by atoms with Gasteiger partial charge in [0.1, 0.15) is 29.1 Å². The third kappa shape index (κ3) is 4.08. The Balaban J connectivity index is 2.41. The topological polar surface area (TPSA) is 9.23 Å². The fraction of sp³-hybridized carbons (Fsp3) is 0.333. The lowest BCUT2D eigenvalue weighted by Crippen LogP contribution is -2.46. The Kier molecular flexibility index (Phi) is 6.27. The number of halogens is 10. The van der Waals surface area contributed by atoms with Crippen LogP contribution in [0.2, 0.25) is 0 Å². The van der Waals surface area contributed by atoms with Gasteiger partial charge in [-0.1, -0.05) is 0 Å². The zero-order chi connectivity index (χ0) is 25.0. The van der Waals surface area contributed by atoms with E-state index in [9.17, 15) is 43.9 Å². The average Bonchev–Trinajstić information content (AvgIpc) is 2.69. The van der Waals surface area contributed by atoms with Crippen molar-refractivity contribution in [2.24, 2.45) is 0 Å². The van der Waals surface area contributed by atoms with E-state index in [0.29, 0.717) is 19.9 Å². The Hall–Kier alpha value is -2.66. The standard InChI is InChI=1S/C21H15BF10O/c1-20(31)6-11(25)14(16(27)18(20)29)22(8-4-13(33-3)10(24)5-9(8)23)15-12(26)7-21(2,32)19(30)17(15)28/h4-7,18-19H,1-3H3. The first-order valence-corrected chi connectivity index (χ1v) is 9.39. The second-order valence-electron chi connectivity index (χ2n) is 7.98. The molecule has 0 aliphatic heterocycles. The number of benzene rings is 1. The summed E-state index contributed by atoms with van der Waals surface area (Å²) in [6, 6.07) is 0.606. The van der Waals surface area contributed by atoms with E-state index in [-0.39, 0.29) is 18.2 Å². The van der Waals surface area contributed by atoms with E-state index >= 15 is 0 Å². The van der Waals surface area contributed by atoms with Gasteiger partial charge in [0, 0.05) is 17.0 Å². The number of methoxy groups -OCH3 is 1. The molecule has 0 bridgehead atoms.